The number of aryl methyl sites for hydroxylation is 1. The molecule has 2 N–H and O–H groups in total. The lowest BCUT2D eigenvalue weighted by Crippen LogP contribution is -2.32. The van der Waals surface area contributed by atoms with Crippen molar-refractivity contribution in [2.24, 2.45) is 5.10 Å². The fraction of sp³-hybridized carbons (Fsp3) is 0.192. The van der Waals surface area contributed by atoms with E-state index in [1.807, 2.05) is 38.1 Å². The molecule has 0 aliphatic carbocycles. The summed E-state index contributed by atoms with van der Waals surface area (Å²) in [4.78, 5) is 24.1. The highest BCUT2D eigenvalue weighted by Gasteiger charge is 2.30. The van der Waals surface area contributed by atoms with Crippen LogP contribution in [0.4, 0.5) is 18.9 Å². The molecule has 0 spiro atoms. The molecule has 0 bridgehead atoms. The monoisotopic (exact) mass is 577 g/mol. The Morgan fingerprint density at radius 1 is 1.03 bits per heavy atom. The van der Waals surface area contributed by atoms with Crippen molar-refractivity contribution in [2.45, 2.75) is 26.6 Å². The Labute approximate surface area is 219 Å². The van der Waals surface area contributed by atoms with E-state index in [-0.39, 0.29) is 5.69 Å². The van der Waals surface area contributed by atoms with Gasteiger partial charge >= 0.3 is 18.0 Å². The summed E-state index contributed by atoms with van der Waals surface area (Å²) in [5.74, 6) is -1.23. The van der Waals surface area contributed by atoms with E-state index in [9.17, 15) is 22.8 Å². The number of nitrogens with zero attached hydrogens (tertiary/aromatic N) is 1. The lowest BCUT2D eigenvalue weighted by atomic mass is 10.1. The summed E-state index contributed by atoms with van der Waals surface area (Å²) < 4.78 is 50.2. The van der Waals surface area contributed by atoms with Crippen LogP contribution < -0.4 is 20.2 Å². The molecule has 0 fully saturated rings. The first-order valence-electron chi connectivity index (χ1n) is 11.0. The number of halogens is 4. The number of benzene rings is 3. The van der Waals surface area contributed by atoms with E-state index in [0.29, 0.717) is 34.7 Å². The van der Waals surface area contributed by atoms with Gasteiger partial charge in [0.25, 0.3) is 0 Å². The molecule has 3 aromatic carbocycles. The molecule has 37 heavy (non-hydrogen) atoms. The van der Waals surface area contributed by atoms with Gasteiger partial charge in [-0.25, -0.2) is 5.43 Å². The van der Waals surface area contributed by atoms with Crippen LogP contribution in [0.5, 0.6) is 11.5 Å². The molecule has 0 unspecified atom stereocenters. The summed E-state index contributed by atoms with van der Waals surface area (Å²) in [6.45, 7) is 4.54. The van der Waals surface area contributed by atoms with Crippen LogP contribution >= 0.6 is 15.9 Å². The molecule has 0 atom stereocenters. The first kappa shape index (κ1) is 27.7. The molecule has 3 rings (SSSR count). The smallest absolute Gasteiger partial charge is 0.416 e. The Morgan fingerprint density at radius 2 is 1.73 bits per heavy atom. The van der Waals surface area contributed by atoms with Crippen LogP contribution in [0.1, 0.15) is 29.2 Å². The second-order valence-corrected chi connectivity index (χ2v) is 8.56. The maximum absolute atomic E-state index is 12.6. The van der Waals surface area contributed by atoms with Gasteiger partial charge < -0.3 is 14.8 Å². The van der Waals surface area contributed by atoms with Crippen LogP contribution in [-0.2, 0) is 22.4 Å². The number of hydrogen-bond donors (Lipinski definition) is 2. The van der Waals surface area contributed by atoms with Gasteiger partial charge in [-0.2, -0.15) is 18.3 Å². The second kappa shape index (κ2) is 12.4. The third-order valence-corrected chi connectivity index (χ3v) is 5.61. The summed E-state index contributed by atoms with van der Waals surface area (Å²) in [5, 5.41) is 5.98. The normalized spacial score (nSPS) is 11.3. The zero-order valence-corrected chi connectivity index (χ0v) is 21.4. The number of nitrogens with one attached hydrogen (secondary N) is 2. The lowest BCUT2D eigenvalue weighted by molar-refractivity contribution is -0.137. The molecule has 11 heteroatoms. The standard InChI is InChI=1S/C26H23BrF3N3O4/c1-3-36-22-13-17(12-21(27)23(22)37-15-18-7-5-4-6-16(18)2)14-31-33-25(35)24(34)32-20-10-8-19(9-11-20)26(28,29)30/h4-14H,3,15H2,1-2H3,(H,32,34)(H,33,35). The van der Waals surface area contributed by atoms with Gasteiger partial charge in [-0.1, -0.05) is 24.3 Å². The summed E-state index contributed by atoms with van der Waals surface area (Å²) >= 11 is 3.47. The molecule has 0 aromatic heterocycles. The highest BCUT2D eigenvalue weighted by Crippen LogP contribution is 2.37. The fourth-order valence-corrected chi connectivity index (χ4v) is 3.71. The number of hydrogen-bond acceptors (Lipinski definition) is 5. The van der Waals surface area contributed by atoms with E-state index < -0.39 is 23.6 Å². The van der Waals surface area contributed by atoms with Crippen molar-refractivity contribution in [3.8, 4) is 11.5 Å². The summed E-state index contributed by atoms with van der Waals surface area (Å²) in [5.41, 5.74) is 3.90. The number of amides is 2. The Bertz CT molecular complexity index is 1300. The van der Waals surface area contributed by atoms with E-state index in [4.69, 9.17) is 9.47 Å². The van der Waals surface area contributed by atoms with Gasteiger partial charge in [0.05, 0.1) is 22.9 Å². The molecule has 0 aliphatic rings. The van der Waals surface area contributed by atoms with Gasteiger partial charge in [0, 0.05) is 5.69 Å². The van der Waals surface area contributed by atoms with Crippen LogP contribution in [0, 0.1) is 6.92 Å². The van der Waals surface area contributed by atoms with Crippen molar-refractivity contribution in [2.75, 3.05) is 11.9 Å². The molecule has 2 amide bonds. The third kappa shape index (κ3) is 7.81. The van der Waals surface area contributed by atoms with Crippen LogP contribution in [0.3, 0.4) is 0 Å². The third-order valence-electron chi connectivity index (χ3n) is 5.02. The van der Waals surface area contributed by atoms with Gasteiger partial charge in [0.15, 0.2) is 11.5 Å². The van der Waals surface area contributed by atoms with E-state index in [0.717, 1.165) is 35.4 Å². The van der Waals surface area contributed by atoms with Gasteiger partial charge in [0.2, 0.25) is 0 Å². The number of hydrazone groups is 1. The second-order valence-electron chi connectivity index (χ2n) is 7.71. The largest absolute Gasteiger partial charge is 0.490 e. The number of carbonyl (C=O) groups excluding carboxylic acids is 2. The summed E-state index contributed by atoms with van der Waals surface area (Å²) in [6.07, 6.45) is -3.20. The maximum Gasteiger partial charge on any atom is 0.416 e. The number of ether oxygens (including phenoxy) is 2. The highest BCUT2D eigenvalue weighted by molar-refractivity contribution is 9.10. The molecule has 0 saturated carbocycles. The zero-order valence-electron chi connectivity index (χ0n) is 19.9. The van der Waals surface area contributed by atoms with Crippen molar-refractivity contribution in [3.05, 3.63) is 87.4 Å². The summed E-state index contributed by atoms with van der Waals surface area (Å²) in [6, 6.07) is 14.9. The Kier molecular flexibility index (Phi) is 9.29. The predicted molar refractivity (Wildman–Crippen MR) is 137 cm³/mol. The van der Waals surface area contributed by atoms with Crippen molar-refractivity contribution in [3.63, 3.8) is 0 Å². The molecule has 3 aromatic rings. The van der Waals surface area contributed by atoms with Gasteiger partial charge in [-0.3, -0.25) is 9.59 Å². The summed E-state index contributed by atoms with van der Waals surface area (Å²) in [7, 11) is 0. The molecular weight excluding hydrogens is 555 g/mol. The average Bonchev–Trinajstić information content (AvgIpc) is 2.84. The van der Waals surface area contributed by atoms with E-state index in [2.05, 4.69) is 31.8 Å². The van der Waals surface area contributed by atoms with E-state index in [1.165, 1.54) is 6.21 Å². The molecule has 7 nitrogen and oxygen atoms in total. The van der Waals surface area contributed by atoms with Crippen molar-refractivity contribution >= 4 is 39.6 Å². The molecule has 0 heterocycles. The minimum Gasteiger partial charge on any atom is -0.490 e. The van der Waals surface area contributed by atoms with Crippen LogP contribution in [-0.4, -0.2) is 24.6 Å². The quantitative estimate of drug-likeness (QED) is 0.200. The van der Waals surface area contributed by atoms with Gasteiger partial charge in [-0.05, 0) is 82.9 Å². The highest BCUT2D eigenvalue weighted by atomic mass is 79.9. The molecule has 0 aliphatic heterocycles. The maximum atomic E-state index is 12.6. The number of carbonyl (C=O) groups is 2. The van der Waals surface area contributed by atoms with Crippen molar-refractivity contribution in [1.82, 2.24) is 5.43 Å². The number of anilines is 1. The lowest BCUT2D eigenvalue weighted by Gasteiger charge is -2.15. The molecular formula is C26H23BrF3N3O4. The Morgan fingerprint density at radius 3 is 2.38 bits per heavy atom. The van der Waals surface area contributed by atoms with Gasteiger partial charge in [-0.15, -0.1) is 0 Å². The SMILES string of the molecule is CCOc1cc(C=NNC(=O)C(=O)Nc2ccc(C(F)(F)F)cc2)cc(Br)c1OCc1ccccc1C. The zero-order chi connectivity index (χ0) is 27.0. The van der Waals surface area contributed by atoms with E-state index >= 15 is 0 Å². The number of rotatable bonds is 8. The van der Waals surface area contributed by atoms with Crippen molar-refractivity contribution < 1.29 is 32.2 Å². The van der Waals surface area contributed by atoms with Crippen molar-refractivity contribution in [1.29, 1.82) is 0 Å². The first-order chi connectivity index (χ1) is 17.6. The average molecular weight is 578 g/mol. The molecule has 0 saturated heterocycles. The van der Waals surface area contributed by atoms with Gasteiger partial charge in [0.1, 0.15) is 6.61 Å². The minimum absolute atomic E-state index is 0.0312. The Balaban J connectivity index is 1.63. The first-order valence-corrected chi connectivity index (χ1v) is 11.8. The molecule has 194 valence electrons. The minimum atomic E-state index is -4.50. The topological polar surface area (TPSA) is 89.0 Å². The Hall–Kier alpha value is -3.86. The molecule has 0 radical (unpaired) electrons. The van der Waals surface area contributed by atoms with Crippen LogP contribution in [0.15, 0.2) is 70.2 Å². The van der Waals surface area contributed by atoms with Crippen LogP contribution in [0.25, 0.3) is 0 Å². The van der Waals surface area contributed by atoms with E-state index in [1.54, 1.807) is 12.1 Å². The number of alkyl halides is 3. The fourth-order valence-electron chi connectivity index (χ4n) is 3.13. The van der Waals surface area contributed by atoms with Crippen LogP contribution in [0.2, 0.25) is 0 Å². The predicted octanol–water partition coefficient (Wildman–Crippen LogP) is 5.84.